The van der Waals surface area contributed by atoms with Crippen molar-refractivity contribution in [1.82, 2.24) is 14.5 Å². The minimum Gasteiger partial charge on any atom is -0.318 e. The van der Waals surface area contributed by atoms with Crippen molar-refractivity contribution in [1.29, 1.82) is 5.26 Å². The van der Waals surface area contributed by atoms with Crippen molar-refractivity contribution in [2.45, 2.75) is 6.54 Å². The van der Waals surface area contributed by atoms with Gasteiger partial charge in [0.25, 0.3) is 0 Å². The van der Waals surface area contributed by atoms with Gasteiger partial charge in [0.15, 0.2) is 5.82 Å². The first-order valence-corrected chi connectivity index (χ1v) is 10.7. The number of imidazole rings is 1. The summed E-state index contributed by atoms with van der Waals surface area (Å²) in [6.45, 7) is 0.643. The van der Waals surface area contributed by atoms with E-state index >= 15 is 0 Å². The Bertz CT molecular complexity index is 1380. The molecule has 0 N–H and O–H groups in total. The van der Waals surface area contributed by atoms with Crippen LogP contribution in [0.2, 0.25) is 5.02 Å². The molecule has 2 heterocycles. The summed E-state index contributed by atoms with van der Waals surface area (Å²) in [5.41, 5.74) is 8.30. The molecular formula is C24H15ClN4S. The minimum atomic E-state index is 0.643. The fourth-order valence-electron chi connectivity index (χ4n) is 3.58. The summed E-state index contributed by atoms with van der Waals surface area (Å²) in [5, 5.41) is 12.1. The Hall–Kier alpha value is -3.46. The Morgan fingerprint density at radius 1 is 1.03 bits per heavy atom. The average Bonchev–Trinajstić information content (AvgIpc) is 3.43. The van der Waals surface area contributed by atoms with Gasteiger partial charge in [-0.3, -0.25) is 0 Å². The van der Waals surface area contributed by atoms with Crippen molar-refractivity contribution in [3.05, 3.63) is 93.8 Å². The maximum Gasteiger partial charge on any atom is 0.160 e. The van der Waals surface area contributed by atoms with Gasteiger partial charge in [-0.15, -0.1) is 11.3 Å². The van der Waals surface area contributed by atoms with Crippen LogP contribution in [0.5, 0.6) is 0 Å². The molecule has 0 fully saturated rings. The largest absolute Gasteiger partial charge is 0.318 e. The summed E-state index contributed by atoms with van der Waals surface area (Å²) < 4.78 is 2.15. The number of hydrogen-bond acceptors (Lipinski definition) is 4. The third kappa shape index (κ3) is 3.37. The van der Waals surface area contributed by atoms with Crippen LogP contribution in [-0.2, 0) is 6.54 Å². The summed E-state index contributed by atoms with van der Waals surface area (Å²) in [7, 11) is 0. The molecule has 0 spiro atoms. The highest BCUT2D eigenvalue weighted by molar-refractivity contribution is 7.07. The van der Waals surface area contributed by atoms with Gasteiger partial charge in [-0.2, -0.15) is 5.26 Å². The topological polar surface area (TPSA) is 54.5 Å². The van der Waals surface area contributed by atoms with E-state index in [0.717, 1.165) is 39.2 Å². The van der Waals surface area contributed by atoms with Crippen LogP contribution in [0.3, 0.4) is 0 Å². The second kappa shape index (κ2) is 7.75. The number of fused-ring (bicyclic) bond motifs is 1. The molecule has 0 amide bonds. The highest BCUT2D eigenvalue weighted by atomic mass is 35.5. The number of rotatable bonds is 4. The first-order chi connectivity index (χ1) is 14.7. The van der Waals surface area contributed by atoms with E-state index in [9.17, 15) is 5.26 Å². The lowest BCUT2D eigenvalue weighted by Crippen LogP contribution is -2.02. The molecule has 6 heteroatoms. The molecule has 5 rings (SSSR count). The van der Waals surface area contributed by atoms with E-state index in [1.54, 1.807) is 11.3 Å². The summed E-state index contributed by atoms with van der Waals surface area (Å²) >= 11 is 7.81. The van der Waals surface area contributed by atoms with Crippen LogP contribution < -0.4 is 0 Å². The maximum atomic E-state index is 9.37. The molecule has 0 aliphatic rings. The molecule has 0 radical (unpaired) electrons. The molecule has 0 saturated carbocycles. The molecule has 5 aromatic rings. The Morgan fingerprint density at radius 2 is 1.87 bits per heavy atom. The molecule has 0 saturated heterocycles. The van der Waals surface area contributed by atoms with E-state index < -0.39 is 0 Å². The molecular weight excluding hydrogens is 412 g/mol. The third-order valence-corrected chi connectivity index (χ3v) is 5.85. The van der Waals surface area contributed by atoms with Gasteiger partial charge in [-0.1, -0.05) is 54.1 Å². The van der Waals surface area contributed by atoms with Gasteiger partial charge in [0, 0.05) is 16.9 Å². The van der Waals surface area contributed by atoms with Crippen molar-refractivity contribution < 1.29 is 0 Å². The third-order valence-electron chi connectivity index (χ3n) is 5.02. The number of thiazole rings is 1. The van der Waals surface area contributed by atoms with Crippen LogP contribution in [0.25, 0.3) is 33.7 Å². The number of nitriles is 1. The van der Waals surface area contributed by atoms with Crippen LogP contribution in [-0.4, -0.2) is 14.5 Å². The van der Waals surface area contributed by atoms with Gasteiger partial charge >= 0.3 is 0 Å². The van der Waals surface area contributed by atoms with Crippen molar-refractivity contribution >= 4 is 34.0 Å². The molecule has 0 aliphatic carbocycles. The summed E-state index contributed by atoms with van der Waals surface area (Å²) in [5.74, 6) is 0.826. The van der Waals surface area contributed by atoms with E-state index in [0.29, 0.717) is 17.1 Å². The molecule has 30 heavy (non-hydrogen) atoms. The second-order valence-electron chi connectivity index (χ2n) is 6.88. The highest BCUT2D eigenvalue weighted by Crippen LogP contribution is 2.29. The van der Waals surface area contributed by atoms with Crippen LogP contribution in [0.1, 0.15) is 11.1 Å². The zero-order valence-corrected chi connectivity index (χ0v) is 17.4. The monoisotopic (exact) mass is 426 g/mol. The van der Waals surface area contributed by atoms with Crippen molar-refractivity contribution in [2.24, 2.45) is 0 Å². The lowest BCUT2D eigenvalue weighted by Gasteiger charge is -2.10. The second-order valence-corrected chi connectivity index (χ2v) is 8.04. The fourth-order valence-corrected chi connectivity index (χ4v) is 4.28. The minimum absolute atomic E-state index is 0.643. The van der Waals surface area contributed by atoms with Gasteiger partial charge in [0.1, 0.15) is 5.69 Å². The van der Waals surface area contributed by atoms with Gasteiger partial charge in [0.2, 0.25) is 0 Å². The van der Waals surface area contributed by atoms with Gasteiger partial charge in [-0.25, -0.2) is 9.97 Å². The Balaban J connectivity index is 1.55. The predicted molar refractivity (Wildman–Crippen MR) is 122 cm³/mol. The summed E-state index contributed by atoms with van der Waals surface area (Å²) in [4.78, 5) is 9.24. The zero-order chi connectivity index (χ0) is 20.5. The van der Waals surface area contributed by atoms with E-state index in [4.69, 9.17) is 16.6 Å². The number of hydrogen-bond donors (Lipinski definition) is 0. The van der Waals surface area contributed by atoms with Crippen LogP contribution >= 0.6 is 22.9 Å². The average molecular weight is 427 g/mol. The lowest BCUT2D eigenvalue weighted by molar-refractivity contribution is 0.831. The number of aromatic nitrogens is 3. The molecule has 2 aromatic heterocycles. The summed E-state index contributed by atoms with van der Waals surface area (Å²) in [6, 6.07) is 23.9. The van der Waals surface area contributed by atoms with E-state index in [1.807, 2.05) is 53.4 Å². The molecule has 0 unspecified atom stereocenters. The number of nitrogens with zero attached hydrogens (tertiary/aromatic N) is 4. The highest BCUT2D eigenvalue weighted by Gasteiger charge is 2.15. The van der Waals surface area contributed by atoms with E-state index in [-0.39, 0.29) is 0 Å². The molecule has 144 valence electrons. The van der Waals surface area contributed by atoms with Crippen LogP contribution in [0.4, 0.5) is 0 Å². The van der Waals surface area contributed by atoms with Crippen molar-refractivity contribution in [3.63, 3.8) is 0 Å². The molecule has 0 atom stereocenters. The Labute approximate surface area is 182 Å². The molecule has 3 aromatic carbocycles. The standard InChI is InChI=1S/C24H15ClN4S/c25-19-9-10-21-23(11-19)29(24(28-21)22-14-30-15-27-22)13-16-5-7-17(8-6-16)20-4-2-1-3-18(20)12-26/h1-11,14-15H,13H2. The normalized spacial score (nSPS) is 10.9. The van der Waals surface area contributed by atoms with Gasteiger partial charge in [0.05, 0.1) is 28.2 Å². The van der Waals surface area contributed by atoms with E-state index in [2.05, 4.69) is 39.9 Å². The first kappa shape index (κ1) is 18.6. The Morgan fingerprint density at radius 3 is 2.63 bits per heavy atom. The number of halogens is 1. The maximum absolute atomic E-state index is 9.37. The van der Waals surface area contributed by atoms with Gasteiger partial charge < -0.3 is 4.57 Å². The summed E-state index contributed by atoms with van der Waals surface area (Å²) in [6.07, 6.45) is 0. The number of benzene rings is 3. The van der Waals surface area contributed by atoms with Crippen LogP contribution in [0.15, 0.2) is 77.6 Å². The predicted octanol–water partition coefficient (Wildman–Crippen LogP) is 6.40. The quantitative estimate of drug-likeness (QED) is 0.334. The smallest absolute Gasteiger partial charge is 0.160 e. The first-order valence-electron chi connectivity index (χ1n) is 9.36. The lowest BCUT2D eigenvalue weighted by atomic mass is 9.99. The SMILES string of the molecule is N#Cc1ccccc1-c1ccc(Cn2c(-c3cscn3)nc3ccc(Cl)cc32)cc1. The fraction of sp³-hybridized carbons (Fsp3) is 0.0417. The van der Waals surface area contributed by atoms with Crippen molar-refractivity contribution in [2.75, 3.05) is 0 Å². The van der Waals surface area contributed by atoms with E-state index in [1.165, 1.54) is 0 Å². The van der Waals surface area contributed by atoms with Crippen molar-refractivity contribution in [3.8, 4) is 28.7 Å². The zero-order valence-electron chi connectivity index (χ0n) is 15.8. The molecule has 0 aliphatic heterocycles. The molecule has 4 nitrogen and oxygen atoms in total. The Kier molecular flexibility index (Phi) is 4.80. The van der Waals surface area contributed by atoms with Gasteiger partial charge in [-0.05, 0) is 41.0 Å². The van der Waals surface area contributed by atoms with Crippen LogP contribution in [0, 0.1) is 11.3 Å². The molecule has 0 bridgehead atoms.